The van der Waals surface area contributed by atoms with Crippen molar-refractivity contribution >= 4 is 0 Å². The molecule has 0 aliphatic rings. The molecule has 0 amide bonds. The molecule has 3 heteroatoms. The molecule has 0 aliphatic carbocycles. The SMILES string of the molecule is F[CH]F.[Zn]. The first-order valence-corrected chi connectivity index (χ1v) is 0.436. The summed E-state index contributed by atoms with van der Waals surface area (Å²) in [4.78, 5) is 0. The standard InChI is InChI=1S/CHF2.Zn/c2-1-3;/h1H;. The Morgan fingerprint density at radius 1 is 1.25 bits per heavy atom. The van der Waals surface area contributed by atoms with E-state index in [1.807, 2.05) is 0 Å². The van der Waals surface area contributed by atoms with Crippen molar-refractivity contribution in [1.82, 2.24) is 0 Å². The van der Waals surface area contributed by atoms with Crippen molar-refractivity contribution in [2.24, 2.45) is 0 Å². The average Bonchev–Trinajstić information content (AvgIpc) is 0.918. The number of halogens is 2. The zero-order valence-corrected chi connectivity index (χ0v) is 5.01. The molecule has 1 radical (unpaired) electrons. The maximum absolute atomic E-state index is 9.50. The van der Waals surface area contributed by atoms with Crippen LogP contribution in [0.4, 0.5) is 8.78 Å². The molecule has 21 valence electrons. The van der Waals surface area contributed by atoms with Crippen molar-refractivity contribution in [3.05, 3.63) is 6.93 Å². The second kappa shape index (κ2) is 9.76. The molecule has 0 atom stereocenters. The third-order valence-electron chi connectivity index (χ3n) is 0. The van der Waals surface area contributed by atoms with Gasteiger partial charge in [-0.3, -0.25) is 0 Å². The summed E-state index contributed by atoms with van der Waals surface area (Å²) < 4.78 is 19.0. The van der Waals surface area contributed by atoms with Crippen molar-refractivity contribution in [1.29, 1.82) is 0 Å². The third-order valence-corrected chi connectivity index (χ3v) is 0. The van der Waals surface area contributed by atoms with Gasteiger partial charge in [0.05, 0.1) is 0 Å². The Morgan fingerprint density at radius 2 is 1.25 bits per heavy atom. The second-order valence-corrected chi connectivity index (χ2v) is 0.0825. The summed E-state index contributed by atoms with van der Waals surface area (Å²) in [5.74, 6) is 0. The maximum atomic E-state index is 9.50. The van der Waals surface area contributed by atoms with E-state index in [4.69, 9.17) is 0 Å². The Kier molecular flexibility index (Phi) is 21.5. The molecule has 0 aromatic heterocycles. The summed E-state index contributed by atoms with van der Waals surface area (Å²) in [5, 5.41) is 0. The van der Waals surface area contributed by atoms with Gasteiger partial charge in [0, 0.05) is 19.5 Å². The summed E-state index contributed by atoms with van der Waals surface area (Å²) in [6.45, 7) is -1.00. The van der Waals surface area contributed by atoms with Crippen molar-refractivity contribution in [2.75, 3.05) is 0 Å². The third kappa shape index (κ3) is 23.4. The van der Waals surface area contributed by atoms with Gasteiger partial charge in [0.15, 0.2) is 0 Å². The molecule has 0 N–H and O–H groups in total. The largest absolute Gasteiger partial charge is 0.298 e. The van der Waals surface area contributed by atoms with Gasteiger partial charge in [0.2, 0.25) is 0 Å². The average molecular weight is 116 g/mol. The minimum atomic E-state index is -1.00. The van der Waals surface area contributed by atoms with Crippen LogP contribution in [0.1, 0.15) is 0 Å². The van der Waals surface area contributed by atoms with Crippen LogP contribution in [-0.4, -0.2) is 0 Å². The summed E-state index contributed by atoms with van der Waals surface area (Å²) in [7, 11) is 0. The Bertz CT molecular complexity index is 6.00. The summed E-state index contributed by atoms with van der Waals surface area (Å²) in [5.41, 5.74) is 0. The van der Waals surface area contributed by atoms with E-state index in [2.05, 4.69) is 0 Å². The predicted octanol–water partition coefficient (Wildman–Crippen LogP) is 1.04. The van der Waals surface area contributed by atoms with Crippen LogP contribution in [0, 0.1) is 6.93 Å². The molecule has 0 saturated carbocycles. The van der Waals surface area contributed by atoms with Crippen LogP contribution in [0.15, 0.2) is 0 Å². The first-order chi connectivity index (χ1) is 1.41. The van der Waals surface area contributed by atoms with E-state index in [1.54, 1.807) is 0 Å². The van der Waals surface area contributed by atoms with Gasteiger partial charge >= 0.3 is 0 Å². The first-order valence-electron chi connectivity index (χ1n) is 0.436. The fourth-order valence-corrected chi connectivity index (χ4v) is 0. The molecule has 0 heterocycles. The van der Waals surface area contributed by atoms with E-state index in [9.17, 15) is 8.78 Å². The van der Waals surface area contributed by atoms with Gasteiger partial charge in [-0.05, 0) is 0 Å². The zero-order valence-electron chi connectivity index (χ0n) is 2.04. The molecule has 0 spiro atoms. The van der Waals surface area contributed by atoms with Crippen molar-refractivity contribution in [3.8, 4) is 0 Å². The topological polar surface area (TPSA) is 0 Å². The van der Waals surface area contributed by atoms with E-state index in [0.29, 0.717) is 0 Å². The van der Waals surface area contributed by atoms with Crippen molar-refractivity contribution in [2.45, 2.75) is 0 Å². The zero-order chi connectivity index (χ0) is 2.71. The maximum Gasteiger partial charge on any atom is 0.298 e. The van der Waals surface area contributed by atoms with Gasteiger partial charge in [0.25, 0.3) is 6.93 Å². The van der Waals surface area contributed by atoms with Crippen LogP contribution in [0.5, 0.6) is 0 Å². The molecule has 0 saturated heterocycles. The van der Waals surface area contributed by atoms with Gasteiger partial charge in [-0.25, -0.2) is 8.78 Å². The van der Waals surface area contributed by atoms with Crippen LogP contribution in [0.25, 0.3) is 0 Å². The minimum Gasteiger partial charge on any atom is -0.204 e. The molecular formula is CHF2Zn. The molecular weight excluding hydrogens is 115 g/mol. The fraction of sp³-hybridized carbons (Fsp3) is 0. The molecule has 0 fully saturated rings. The van der Waals surface area contributed by atoms with Crippen LogP contribution in [0.2, 0.25) is 0 Å². The minimum absolute atomic E-state index is 0. The van der Waals surface area contributed by atoms with E-state index < -0.39 is 6.93 Å². The monoisotopic (exact) mass is 115 g/mol. The summed E-state index contributed by atoms with van der Waals surface area (Å²) in [6.07, 6.45) is 0. The van der Waals surface area contributed by atoms with Crippen LogP contribution >= 0.6 is 0 Å². The van der Waals surface area contributed by atoms with E-state index >= 15 is 0 Å². The Balaban J connectivity index is 0. The molecule has 0 aliphatic heterocycles. The molecule has 4 heavy (non-hydrogen) atoms. The van der Waals surface area contributed by atoms with E-state index in [0.717, 1.165) is 0 Å². The number of hydrogen-bond acceptors (Lipinski definition) is 0. The van der Waals surface area contributed by atoms with Gasteiger partial charge in [-0.1, -0.05) is 0 Å². The molecule has 0 unspecified atom stereocenters. The van der Waals surface area contributed by atoms with Crippen LogP contribution in [0.3, 0.4) is 0 Å². The molecule has 0 aromatic rings. The number of rotatable bonds is 0. The van der Waals surface area contributed by atoms with Crippen molar-refractivity contribution in [3.63, 3.8) is 0 Å². The Hall–Kier alpha value is 0.483. The van der Waals surface area contributed by atoms with Crippen LogP contribution < -0.4 is 0 Å². The first kappa shape index (κ1) is 8.82. The number of hydrogen-bond donors (Lipinski definition) is 0. The summed E-state index contributed by atoms with van der Waals surface area (Å²) >= 11 is 0. The normalized spacial score (nSPS) is 4.50. The molecule has 0 aromatic carbocycles. The fourth-order valence-electron chi connectivity index (χ4n) is 0. The predicted molar refractivity (Wildman–Crippen MR) is 6.52 cm³/mol. The molecule has 0 nitrogen and oxygen atoms in total. The quantitative estimate of drug-likeness (QED) is 0.415. The van der Waals surface area contributed by atoms with Gasteiger partial charge in [-0.2, -0.15) is 0 Å². The smallest absolute Gasteiger partial charge is 0.204 e. The van der Waals surface area contributed by atoms with E-state index in [-0.39, 0.29) is 19.5 Å². The van der Waals surface area contributed by atoms with E-state index in [1.165, 1.54) is 0 Å². The van der Waals surface area contributed by atoms with Gasteiger partial charge < -0.3 is 0 Å². The summed E-state index contributed by atoms with van der Waals surface area (Å²) in [6, 6.07) is 0. The van der Waals surface area contributed by atoms with Gasteiger partial charge in [-0.15, -0.1) is 0 Å². The van der Waals surface area contributed by atoms with Crippen molar-refractivity contribution < 1.29 is 28.3 Å². The Morgan fingerprint density at radius 3 is 1.25 bits per heavy atom. The van der Waals surface area contributed by atoms with Crippen LogP contribution in [-0.2, 0) is 19.5 Å². The Labute approximate surface area is 36.0 Å². The molecule has 0 rings (SSSR count). The van der Waals surface area contributed by atoms with Gasteiger partial charge in [0.1, 0.15) is 0 Å². The molecule has 0 bridgehead atoms. The second-order valence-electron chi connectivity index (χ2n) is 0.0825.